The molecule has 0 aliphatic rings. The molecule has 1 unspecified atom stereocenters. The summed E-state index contributed by atoms with van der Waals surface area (Å²) in [5.74, 6) is -2.43. The van der Waals surface area contributed by atoms with Gasteiger partial charge in [-0.3, -0.25) is 14.4 Å². The van der Waals surface area contributed by atoms with Gasteiger partial charge >= 0.3 is 5.97 Å². The number of hydrogen-bond acceptors (Lipinski definition) is 3. The summed E-state index contributed by atoms with van der Waals surface area (Å²) in [4.78, 5) is 38.2. The van der Waals surface area contributed by atoms with Crippen molar-refractivity contribution in [2.24, 2.45) is 18.9 Å². The summed E-state index contributed by atoms with van der Waals surface area (Å²) in [7, 11) is 2.00. The first-order valence-corrected chi connectivity index (χ1v) is 12.6. The van der Waals surface area contributed by atoms with Crippen LogP contribution < -0.4 is 10.6 Å². The number of para-hydroxylation sites is 1. The number of aromatic nitrogens is 1. The van der Waals surface area contributed by atoms with Gasteiger partial charge in [0.05, 0.1) is 6.42 Å². The van der Waals surface area contributed by atoms with E-state index in [2.05, 4.69) is 15.2 Å². The van der Waals surface area contributed by atoms with Crippen molar-refractivity contribution in [2.45, 2.75) is 39.3 Å². The molecule has 7 heteroatoms. The number of rotatable bonds is 10. The van der Waals surface area contributed by atoms with E-state index >= 15 is 0 Å². The van der Waals surface area contributed by atoms with Gasteiger partial charge in [-0.05, 0) is 41.7 Å². The number of benzene rings is 3. The van der Waals surface area contributed by atoms with Gasteiger partial charge < -0.3 is 20.3 Å². The first kappa shape index (κ1) is 25.9. The molecule has 2 atom stereocenters. The van der Waals surface area contributed by atoms with Gasteiger partial charge in [0.1, 0.15) is 6.04 Å². The summed E-state index contributed by atoms with van der Waals surface area (Å²) in [6, 6.07) is 22.4. The number of aliphatic carboxylic acids is 1. The lowest BCUT2D eigenvalue weighted by molar-refractivity contribution is -0.141. The van der Waals surface area contributed by atoms with Gasteiger partial charge in [-0.2, -0.15) is 0 Å². The van der Waals surface area contributed by atoms with E-state index in [1.165, 1.54) is 0 Å². The van der Waals surface area contributed by atoms with Crippen LogP contribution in [-0.2, 0) is 28.0 Å². The number of aryl methyl sites for hydroxylation is 1. The summed E-state index contributed by atoms with van der Waals surface area (Å²) in [6.07, 6.45) is 0.129. The highest BCUT2D eigenvalue weighted by Crippen LogP contribution is 2.30. The minimum Gasteiger partial charge on any atom is -0.481 e. The van der Waals surface area contributed by atoms with E-state index in [4.69, 9.17) is 0 Å². The summed E-state index contributed by atoms with van der Waals surface area (Å²) in [5, 5.41) is 17.2. The molecule has 0 radical (unpaired) electrons. The summed E-state index contributed by atoms with van der Waals surface area (Å²) >= 11 is 0. The average molecular weight is 500 g/mol. The molecule has 192 valence electrons. The lowest BCUT2D eigenvalue weighted by atomic mass is 9.92. The number of hydrogen-bond donors (Lipinski definition) is 3. The topological polar surface area (TPSA) is 100 Å². The highest BCUT2D eigenvalue weighted by atomic mass is 16.4. The normalized spacial score (nSPS) is 13.0. The fourth-order valence-corrected chi connectivity index (χ4v) is 4.88. The smallest absolute Gasteiger partial charge is 0.304 e. The lowest BCUT2D eigenvalue weighted by Crippen LogP contribution is -2.43. The van der Waals surface area contributed by atoms with Crippen LogP contribution in [0.2, 0.25) is 0 Å². The van der Waals surface area contributed by atoms with Gasteiger partial charge in [-0.25, -0.2) is 0 Å². The zero-order chi connectivity index (χ0) is 26.5. The second-order valence-corrected chi connectivity index (χ2v) is 9.92. The average Bonchev–Trinajstić information content (AvgIpc) is 3.17. The number of fused-ring (bicyclic) bond motifs is 3. The molecule has 37 heavy (non-hydrogen) atoms. The number of carbonyl (C=O) groups is 3. The molecule has 2 amide bonds. The third-order valence-electron chi connectivity index (χ3n) is 6.68. The Morgan fingerprint density at radius 3 is 2.24 bits per heavy atom. The highest BCUT2D eigenvalue weighted by Gasteiger charge is 2.29. The van der Waals surface area contributed by atoms with Crippen LogP contribution in [0.4, 0.5) is 0 Å². The largest absolute Gasteiger partial charge is 0.481 e. The van der Waals surface area contributed by atoms with Crippen molar-refractivity contribution in [3.05, 3.63) is 83.9 Å². The maximum atomic E-state index is 13.5. The molecule has 0 fully saturated rings. The number of carboxylic acid groups (broad SMARTS) is 1. The van der Waals surface area contributed by atoms with Crippen molar-refractivity contribution < 1.29 is 19.5 Å². The van der Waals surface area contributed by atoms with E-state index in [-0.39, 0.29) is 18.2 Å². The second kappa shape index (κ2) is 11.3. The Morgan fingerprint density at radius 1 is 0.865 bits per heavy atom. The fourth-order valence-electron chi connectivity index (χ4n) is 4.88. The Labute approximate surface area is 216 Å². The molecular weight excluding hydrogens is 466 g/mol. The SMILES string of the molecule is CC(C)C[C@H](CC(=O)O)C(=O)NC(C(=O)NCc1ccccc1)c1ccc2c(c1)c1ccccc1n2C. The Kier molecular flexibility index (Phi) is 7.92. The molecule has 4 rings (SSSR count). The standard InChI is InChI=1S/C30H33N3O4/c1-19(2)15-22(17-27(34)35)29(36)32-28(30(37)31-18-20-9-5-4-6-10-20)21-13-14-26-24(16-21)23-11-7-8-12-25(23)33(26)3/h4-14,16,19,22,28H,15,17-18H2,1-3H3,(H,31,37)(H,32,36)(H,34,35)/t22-,28?/m1/s1. The van der Waals surface area contributed by atoms with Gasteiger partial charge in [0.2, 0.25) is 11.8 Å². The third-order valence-corrected chi connectivity index (χ3v) is 6.68. The van der Waals surface area contributed by atoms with Crippen molar-refractivity contribution >= 4 is 39.6 Å². The van der Waals surface area contributed by atoms with Crippen LogP contribution in [0, 0.1) is 11.8 Å². The van der Waals surface area contributed by atoms with E-state index in [0.717, 1.165) is 27.4 Å². The first-order chi connectivity index (χ1) is 17.7. The minimum absolute atomic E-state index is 0.132. The maximum Gasteiger partial charge on any atom is 0.304 e. The number of amides is 2. The molecular formula is C30H33N3O4. The summed E-state index contributed by atoms with van der Waals surface area (Å²) < 4.78 is 2.10. The Bertz CT molecular complexity index is 1430. The zero-order valence-corrected chi connectivity index (χ0v) is 21.4. The summed E-state index contributed by atoms with van der Waals surface area (Å²) in [6.45, 7) is 4.20. The quantitative estimate of drug-likeness (QED) is 0.288. The van der Waals surface area contributed by atoms with Crippen molar-refractivity contribution in [3.63, 3.8) is 0 Å². The minimum atomic E-state index is -1.04. The Balaban J connectivity index is 1.69. The van der Waals surface area contributed by atoms with Gasteiger partial charge in [0.15, 0.2) is 0 Å². The first-order valence-electron chi connectivity index (χ1n) is 12.6. The molecule has 3 aromatic carbocycles. The molecule has 1 aromatic heterocycles. The second-order valence-electron chi connectivity index (χ2n) is 9.92. The van der Waals surface area contributed by atoms with Gasteiger partial charge in [0, 0.05) is 41.3 Å². The maximum absolute atomic E-state index is 13.5. The van der Waals surface area contributed by atoms with E-state index in [0.29, 0.717) is 18.5 Å². The predicted octanol–water partition coefficient (Wildman–Crippen LogP) is 4.94. The Morgan fingerprint density at radius 2 is 1.54 bits per heavy atom. The summed E-state index contributed by atoms with van der Waals surface area (Å²) in [5.41, 5.74) is 3.67. The zero-order valence-electron chi connectivity index (χ0n) is 21.4. The number of nitrogens with zero attached hydrogens (tertiary/aromatic N) is 1. The van der Waals surface area contributed by atoms with Crippen LogP contribution >= 0.6 is 0 Å². The van der Waals surface area contributed by atoms with Crippen molar-refractivity contribution in [1.82, 2.24) is 15.2 Å². The molecule has 0 saturated heterocycles. The van der Waals surface area contributed by atoms with Crippen LogP contribution in [0.1, 0.15) is 43.9 Å². The van der Waals surface area contributed by atoms with Crippen molar-refractivity contribution in [1.29, 1.82) is 0 Å². The van der Waals surface area contributed by atoms with E-state index < -0.39 is 23.8 Å². The molecule has 7 nitrogen and oxygen atoms in total. The molecule has 0 saturated carbocycles. The predicted molar refractivity (Wildman–Crippen MR) is 145 cm³/mol. The van der Waals surface area contributed by atoms with E-state index in [1.807, 2.05) is 93.7 Å². The molecule has 4 aromatic rings. The van der Waals surface area contributed by atoms with Crippen LogP contribution in [0.5, 0.6) is 0 Å². The van der Waals surface area contributed by atoms with Crippen LogP contribution in [0.25, 0.3) is 21.8 Å². The molecule has 0 aliphatic carbocycles. The Hall–Kier alpha value is -4.13. The van der Waals surface area contributed by atoms with Gasteiger partial charge in [-0.15, -0.1) is 0 Å². The van der Waals surface area contributed by atoms with E-state index in [9.17, 15) is 19.5 Å². The number of nitrogens with one attached hydrogen (secondary N) is 2. The van der Waals surface area contributed by atoms with E-state index in [1.54, 1.807) is 0 Å². The molecule has 1 heterocycles. The fraction of sp³-hybridized carbons (Fsp3) is 0.300. The van der Waals surface area contributed by atoms with Gasteiger partial charge in [-0.1, -0.05) is 68.4 Å². The molecule has 3 N–H and O–H groups in total. The molecule has 0 spiro atoms. The van der Waals surface area contributed by atoms with Crippen LogP contribution in [-0.4, -0.2) is 27.5 Å². The van der Waals surface area contributed by atoms with Crippen molar-refractivity contribution in [2.75, 3.05) is 0 Å². The lowest BCUT2D eigenvalue weighted by Gasteiger charge is -2.23. The number of carboxylic acids is 1. The monoisotopic (exact) mass is 499 g/mol. The van der Waals surface area contributed by atoms with Crippen LogP contribution in [0.3, 0.4) is 0 Å². The molecule has 0 bridgehead atoms. The third kappa shape index (κ3) is 6.00. The highest BCUT2D eigenvalue weighted by molar-refractivity contribution is 6.08. The van der Waals surface area contributed by atoms with Gasteiger partial charge in [0.25, 0.3) is 0 Å². The van der Waals surface area contributed by atoms with Crippen molar-refractivity contribution in [3.8, 4) is 0 Å². The van der Waals surface area contributed by atoms with Crippen LogP contribution in [0.15, 0.2) is 72.8 Å². The molecule has 0 aliphatic heterocycles. The number of carbonyl (C=O) groups excluding carboxylic acids is 2.